The zero-order valence-corrected chi connectivity index (χ0v) is 15.7. The zero-order chi connectivity index (χ0) is 19.1. The van der Waals surface area contributed by atoms with E-state index >= 15 is 0 Å². The highest BCUT2D eigenvalue weighted by Gasteiger charge is 2.17. The van der Waals surface area contributed by atoms with E-state index in [1.807, 2.05) is 19.1 Å². The summed E-state index contributed by atoms with van der Waals surface area (Å²) in [5.41, 5.74) is 0.897. The molecule has 0 saturated carbocycles. The van der Waals surface area contributed by atoms with Crippen LogP contribution in [-0.2, 0) is 13.1 Å². The number of carbonyl (C=O) groups excluding carboxylic acids is 1. The maximum atomic E-state index is 12.7. The van der Waals surface area contributed by atoms with Crippen molar-refractivity contribution in [2.24, 2.45) is 0 Å². The summed E-state index contributed by atoms with van der Waals surface area (Å²) in [6, 6.07) is 8.31. The third-order valence-corrected chi connectivity index (χ3v) is 4.06. The van der Waals surface area contributed by atoms with Crippen molar-refractivity contribution >= 4 is 5.91 Å². The third-order valence-electron chi connectivity index (χ3n) is 4.06. The van der Waals surface area contributed by atoms with Crippen LogP contribution in [0.3, 0.4) is 0 Å². The summed E-state index contributed by atoms with van der Waals surface area (Å²) in [7, 11) is 4.85. The summed E-state index contributed by atoms with van der Waals surface area (Å²) < 4.78 is 11.9. The third kappa shape index (κ3) is 4.62. The summed E-state index contributed by atoms with van der Waals surface area (Å²) in [6.07, 6.45) is 1.78. The van der Waals surface area contributed by atoms with Gasteiger partial charge in [-0.1, -0.05) is 13.3 Å². The van der Waals surface area contributed by atoms with E-state index in [0.29, 0.717) is 24.6 Å². The zero-order valence-electron chi connectivity index (χ0n) is 15.7. The lowest BCUT2D eigenvalue weighted by Crippen LogP contribution is -2.31. The Morgan fingerprint density at radius 1 is 1.19 bits per heavy atom. The Kier molecular flexibility index (Phi) is 6.77. The molecule has 0 spiro atoms. The number of ether oxygens (including phenoxy) is 2. The summed E-state index contributed by atoms with van der Waals surface area (Å²) in [4.78, 5) is 26.1. The first-order valence-electron chi connectivity index (χ1n) is 8.54. The molecule has 1 heterocycles. The lowest BCUT2D eigenvalue weighted by atomic mass is 10.1. The summed E-state index contributed by atoms with van der Waals surface area (Å²) in [5.74, 6) is 1.07. The Morgan fingerprint density at radius 2 is 1.96 bits per heavy atom. The number of aryl methyl sites for hydroxylation is 1. The highest BCUT2D eigenvalue weighted by Crippen LogP contribution is 2.25. The molecule has 2 rings (SSSR count). The van der Waals surface area contributed by atoms with Gasteiger partial charge in [-0.15, -0.1) is 0 Å². The molecule has 0 aliphatic heterocycles. The van der Waals surface area contributed by atoms with Crippen LogP contribution in [0.5, 0.6) is 11.5 Å². The van der Waals surface area contributed by atoms with E-state index in [2.05, 4.69) is 5.10 Å². The van der Waals surface area contributed by atoms with Gasteiger partial charge in [0.15, 0.2) is 0 Å². The molecule has 0 radical (unpaired) electrons. The predicted molar refractivity (Wildman–Crippen MR) is 98.7 cm³/mol. The highest BCUT2D eigenvalue weighted by molar-refractivity contribution is 5.91. The first kappa shape index (κ1) is 19.5. The van der Waals surface area contributed by atoms with Gasteiger partial charge in [0.1, 0.15) is 17.2 Å². The van der Waals surface area contributed by atoms with Crippen molar-refractivity contribution < 1.29 is 14.3 Å². The van der Waals surface area contributed by atoms with Gasteiger partial charge in [-0.3, -0.25) is 9.59 Å². The average Bonchev–Trinajstić information content (AvgIpc) is 2.67. The van der Waals surface area contributed by atoms with Gasteiger partial charge < -0.3 is 14.4 Å². The molecule has 1 aromatic carbocycles. The molecule has 0 atom stereocenters. The van der Waals surface area contributed by atoms with Crippen LogP contribution in [-0.4, -0.2) is 41.9 Å². The second-order valence-corrected chi connectivity index (χ2v) is 5.97. The van der Waals surface area contributed by atoms with E-state index in [1.54, 1.807) is 32.2 Å². The number of hydrogen-bond acceptors (Lipinski definition) is 5. The molecular formula is C19H25N3O4. The molecule has 0 unspecified atom stereocenters. The topological polar surface area (TPSA) is 73.7 Å². The van der Waals surface area contributed by atoms with Crippen LogP contribution in [0.25, 0.3) is 0 Å². The van der Waals surface area contributed by atoms with Crippen LogP contribution < -0.4 is 15.0 Å². The van der Waals surface area contributed by atoms with Crippen molar-refractivity contribution in [3.05, 3.63) is 51.9 Å². The number of benzene rings is 1. The summed E-state index contributed by atoms with van der Waals surface area (Å²) >= 11 is 0. The van der Waals surface area contributed by atoms with Gasteiger partial charge in [-0.05, 0) is 24.6 Å². The molecule has 26 heavy (non-hydrogen) atoms. The van der Waals surface area contributed by atoms with E-state index in [9.17, 15) is 9.59 Å². The number of amides is 1. The maximum Gasteiger partial charge on any atom is 0.274 e. The molecule has 0 bridgehead atoms. The summed E-state index contributed by atoms with van der Waals surface area (Å²) in [5, 5.41) is 4.20. The molecule has 0 aliphatic carbocycles. The lowest BCUT2D eigenvalue weighted by molar-refractivity contribution is 0.0775. The maximum absolute atomic E-state index is 12.7. The van der Waals surface area contributed by atoms with E-state index in [4.69, 9.17) is 9.47 Å². The molecule has 140 valence electrons. The Labute approximate surface area is 153 Å². The smallest absolute Gasteiger partial charge is 0.274 e. The molecule has 0 saturated heterocycles. The van der Waals surface area contributed by atoms with Crippen molar-refractivity contribution in [1.29, 1.82) is 0 Å². The van der Waals surface area contributed by atoms with Crippen molar-refractivity contribution in [1.82, 2.24) is 14.7 Å². The number of carbonyl (C=O) groups is 1. The largest absolute Gasteiger partial charge is 0.497 e. The van der Waals surface area contributed by atoms with Crippen LogP contribution in [0.4, 0.5) is 0 Å². The van der Waals surface area contributed by atoms with Gasteiger partial charge in [-0.25, -0.2) is 4.68 Å². The molecule has 7 nitrogen and oxygen atoms in total. The molecular weight excluding hydrogens is 334 g/mol. The fourth-order valence-electron chi connectivity index (χ4n) is 2.54. The van der Waals surface area contributed by atoms with Gasteiger partial charge in [0.05, 0.1) is 14.2 Å². The highest BCUT2D eigenvalue weighted by atomic mass is 16.5. The van der Waals surface area contributed by atoms with Gasteiger partial charge in [-0.2, -0.15) is 5.10 Å². The monoisotopic (exact) mass is 359 g/mol. The minimum absolute atomic E-state index is 0.200. The Bertz CT molecular complexity index is 817. The van der Waals surface area contributed by atoms with E-state index < -0.39 is 0 Å². The number of nitrogens with zero attached hydrogens (tertiary/aromatic N) is 3. The van der Waals surface area contributed by atoms with Crippen molar-refractivity contribution in [2.75, 3.05) is 21.3 Å². The van der Waals surface area contributed by atoms with Gasteiger partial charge >= 0.3 is 0 Å². The second kappa shape index (κ2) is 9.03. The first-order chi connectivity index (χ1) is 12.5. The Morgan fingerprint density at radius 3 is 2.62 bits per heavy atom. The Balaban J connectivity index is 2.18. The molecule has 1 aromatic heterocycles. The Hall–Kier alpha value is -2.83. The van der Waals surface area contributed by atoms with Gasteiger partial charge in [0.25, 0.3) is 11.5 Å². The van der Waals surface area contributed by atoms with Gasteiger partial charge in [0.2, 0.25) is 0 Å². The molecule has 0 fully saturated rings. The molecule has 1 amide bonds. The minimum atomic E-state index is -0.256. The number of hydrogen-bond donors (Lipinski definition) is 0. The fourth-order valence-corrected chi connectivity index (χ4v) is 2.54. The number of methoxy groups -OCH3 is 2. The fraction of sp³-hybridized carbons (Fsp3) is 0.421. The molecule has 0 aliphatic rings. The van der Waals surface area contributed by atoms with E-state index in [0.717, 1.165) is 18.4 Å². The van der Waals surface area contributed by atoms with Crippen LogP contribution in [0, 0.1) is 0 Å². The van der Waals surface area contributed by atoms with E-state index in [-0.39, 0.29) is 17.2 Å². The summed E-state index contributed by atoms with van der Waals surface area (Å²) in [6.45, 7) is 2.89. The van der Waals surface area contributed by atoms with Crippen LogP contribution in [0.15, 0.2) is 35.1 Å². The predicted octanol–water partition coefficient (Wildman–Crippen LogP) is 2.33. The molecule has 0 N–H and O–H groups in total. The average molecular weight is 359 g/mol. The second-order valence-electron chi connectivity index (χ2n) is 5.97. The van der Waals surface area contributed by atoms with Crippen molar-refractivity contribution in [3.8, 4) is 11.5 Å². The minimum Gasteiger partial charge on any atom is -0.497 e. The number of aromatic nitrogens is 2. The van der Waals surface area contributed by atoms with Crippen LogP contribution in [0.1, 0.15) is 35.8 Å². The number of unbranched alkanes of at least 4 members (excludes halogenated alkanes) is 1. The normalized spacial score (nSPS) is 10.5. The molecule has 2 aromatic rings. The lowest BCUT2D eigenvalue weighted by Gasteiger charge is -2.19. The quantitative estimate of drug-likeness (QED) is 0.723. The number of rotatable bonds is 8. The van der Waals surface area contributed by atoms with Crippen LogP contribution >= 0.6 is 0 Å². The molecule has 7 heteroatoms. The van der Waals surface area contributed by atoms with E-state index in [1.165, 1.54) is 16.8 Å². The van der Waals surface area contributed by atoms with Crippen molar-refractivity contribution in [2.45, 2.75) is 32.9 Å². The standard InChI is InChI=1S/C19H25N3O4/c1-5-6-11-22-18(23)10-9-16(20-22)19(24)21(2)13-14-7-8-15(25-3)12-17(14)26-4/h7-10,12H,5-6,11,13H2,1-4H3. The first-order valence-corrected chi connectivity index (χ1v) is 8.54. The SMILES string of the molecule is CCCCn1nc(C(=O)N(C)Cc2ccc(OC)cc2OC)ccc1=O. The van der Waals surface area contributed by atoms with Gasteiger partial charge in [0, 0.05) is 37.8 Å². The van der Waals surface area contributed by atoms with Crippen LogP contribution in [0.2, 0.25) is 0 Å². The van der Waals surface area contributed by atoms with Crippen molar-refractivity contribution in [3.63, 3.8) is 0 Å².